The zero-order chi connectivity index (χ0) is 16.2. The fraction of sp³-hybridized carbons (Fsp3) is 0.222. The largest absolute Gasteiger partial charge is 0.380 e. The minimum Gasteiger partial charge on any atom is -0.380 e. The minimum atomic E-state index is -0.192. The van der Waals surface area contributed by atoms with E-state index in [-0.39, 0.29) is 11.8 Å². The highest BCUT2D eigenvalue weighted by Gasteiger charge is 2.20. The summed E-state index contributed by atoms with van der Waals surface area (Å²) in [5.74, 6) is -0.285. The van der Waals surface area contributed by atoms with Gasteiger partial charge < -0.3 is 15.4 Å². The maximum Gasteiger partial charge on any atom is 0.255 e. The second-order valence-electron chi connectivity index (χ2n) is 5.43. The van der Waals surface area contributed by atoms with Crippen LogP contribution >= 0.6 is 0 Å². The van der Waals surface area contributed by atoms with Crippen LogP contribution in [-0.2, 0) is 17.8 Å². The van der Waals surface area contributed by atoms with Gasteiger partial charge in [0.25, 0.3) is 11.8 Å². The molecule has 1 heterocycles. The van der Waals surface area contributed by atoms with Gasteiger partial charge in [0, 0.05) is 30.5 Å². The van der Waals surface area contributed by atoms with Crippen LogP contribution in [0.4, 0.5) is 5.69 Å². The summed E-state index contributed by atoms with van der Waals surface area (Å²) in [5.41, 5.74) is 3.71. The topological polar surface area (TPSA) is 67.4 Å². The number of hydrogen-bond donors (Lipinski definition) is 2. The lowest BCUT2D eigenvalue weighted by Crippen LogP contribution is -2.32. The predicted octanol–water partition coefficient (Wildman–Crippen LogP) is 2.37. The fourth-order valence-corrected chi connectivity index (χ4v) is 2.75. The van der Waals surface area contributed by atoms with Gasteiger partial charge in [0.1, 0.15) is 0 Å². The van der Waals surface area contributed by atoms with E-state index in [0.717, 1.165) is 11.1 Å². The Bertz CT molecular complexity index is 756. The number of benzene rings is 2. The molecule has 0 unspecified atom stereocenters. The number of methoxy groups -OCH3 is 1. The van der Waals surface area contributed by atoms with Gasteiger partial charge in [-0.2, -0.15) is 0 Å². The highest BCUT2D eigenvalue weighted by Crippen LogP contribution is 2.23. The van der Waals surface area contributed by atoms with Crippen molar-refractivity contribution >= 4 is 17.5 Å². The third-order valence-electron chi connectivity index (χ3n) is 3.83. The number of ether oxygens (including phenoxy) is 1. The first-order valence-electron chi connectivity index (χ1n) is 7.48. The van der Waals surface area contributed by atoms with E-state index in [1.165, 1.54) is 0 Å². The Balaban J connectivity index is 1.85. The Hall–Kier alpha value is -2.66. The Morgan fingerprint density at radius 3 is 2.91 bits per heavy atom. The van der Waals surface area contributed by atoms with Crippen LogP contribution in [0.25, 0.3) is 0 Å². The summed E-state index contributed by atoms with van der Waals surface area (Å²) in [4.78, 5) is 24.4. The Morgan fingerprint density at radius 1 is 1.26 bits per heavy atom. The van der Waals surface area contributed by atoms with Gasteiger partial charge in [0.05, 0.1) is 6.61 Å². The van der Waals surface area contributed by atoms with Crippen LogP contribution in [0.5, 0.6) is 0 Å². The van der Waals surface area contributed by atoms with E-state index in [9.17, 15) is 9.59 Å². The van der Waals surface area contributed by atoms with Crippen molar-refractivity contribution in [3.05, 3.63) is 64.7 Å². The maximum atomic E-state index is 12.5. The lowest BCUT2D eigenvalue weighted by atomic mass is 9.98. The first-order valence-corrected chi connectivity index (χ1v) is 7.48. The molecule has 1 aliphatic heterocycles. The van der Waals surface area contributed by atoms with Crippen molar-refractivity contribution in [2.75, 3.05) is 19.0 Å². The van der Waals surface area contributed by atoms with Gasteiger partial charge in [-0.25, -0.2) is 0 Å². The third kappa shape index (κ3) is 3.24. The molecule has 23 heavy (non-hydrogen) atoms. The van der Waals surface area contributed by atoms with E-state index in [0.29, 0.717) is 36.4 Å². The Morgan fingerprint density at radius 2 is 2.09 bits per heavy atom. The van der Waals surface area contributed by atoms with E-state index in [1.54, 1.807) is 31.4 Å². The number of hydrogen-bond acceptors (Lipinski definition) is 3. The van der Waals surface area contributed by atoms with Crippen molar-refractivity contribution in [2.24, 2.45) is 0 Å². The van der Waals surface area contributed by atoms with Crippen LogP contribution in [0.1, 0.15) is 31.8 Å². The summed E-state index contributed by atoms with van der Waals surface area (Å²) in [6.45, 7) is 1.05. The number of carbonyl (C=O) groups is 2. The van der Waals surface area contributed by atoms with Gasteiger partial charge in [-0.1, -0.05) is 18.2 Å². The summed E-state index contributed by atoms with van der Waals surface area (Å²) in [7, 11) is 1.62. The first kappa shape index (κ1) is 15.2. The summed E-state index contributed by atoms with van der Waals surface area (Å²) in [6, 6.07) is 12.7. The summed E-state index contributed by atoms with van der Waals surface area (Å²) in [5, 5.41) is 5.72. The van der Waals surface area contributed by atoms with E-state index >= 15 is 0 Å². The van der Waals surface area contributed by atoms with Gasteiger partial charge in [-0.15, -0.1) is 0 Å². The smallest absolute Gasteiger partial charge is 0.255 e. The van der Waals surface area contributed by atoms with Gasteiger partial charge in [-0.3, -0.25) is 9.59 Å². The van der Waals surface area contributed by atoms with Crippen LogP contribution in [0.3, 0.4) is 0 Å². The lowest BCUT2D eigenvalue weighted by molar-refractivity contribution is 0.0944. The van der Waals surface area contributed by atoms with E-state index in [1.807, 2.05) is 18.2 Å². The molecule has 1 aliphatic rings. The van der Waals surface area contributed by atoms with Crippen molar-refractivity contribution in [3.63, 3.8) is 0 Å². The molecule has 0 saturated carbocycles. The molecule has 0 radical (unpaired) electrons. The van der Waals surface area contributed by atoms with Crippen LogP contribution in [0.15, 0.2) is 42.5 Å². The molecule has 3 rings (SSSR count). The fourth-order valence-electron chi connectivity index (χ4n) is 2.75. The van der Waals surface area contributed by atoms with Gasteiger partial charge in [-0.05, 0) is 41.8 Å². The zero-order valence-electron chi connectivity index (χ0n) is 12.9. The van der Waals surface area contributed by atoms with Crippen LogP contribution in [0.2, 0.25) is 0 Å². The predicted molar refractivity (Wildman–Crippen MR) is 87.6 cm³/mol. The van der Waals surface area contributed by atoms with Crippen LogP contribution in [-0.4, -0.2) is 25.5 Å². The van der Waals surface area contributed by atoms with E-state index in [2.05, 4.69) is 10.6 Å². The number of carbonyl (C=O) groups excluding carboxylic acids is 2. The SMILES string of the molecule is COCc1cccc(C(=O)Nc2cccc3c2CCNC3=O)c1. The molecule has 0 bridgehead atoms. The molecular formula is C18H18N2O3. The summed E-state index contributed by atoms with van der Waals surface area (Å²) >= 11 is 0. The second-order valence-corrected chi connectivity index (χ2v) is 5.43. The van der Waals surface area contributed by atoms with Crippen LogP contribution < -0.4 is 10.6 Å². The molecule has 0 aromatic heterocycles. The minimum absolute atomic E-state index is 0.0931. The highest BCUT2D eigenvalue weighted by molar-refractivity contribution is 6.06. The molecule has 0 fully saturated rings. The van der Waals surface area contributed by atoms with Crippen molar-refractivity contribution in [2.45, 2.75) is 13.0 Å². The lowest BCUT2D eigenvalue weighted by Gasteiger charge is -2.20. The van der Waals surface area contributed by atoms with Crippen molar-refractivity contribution in [1.82, 2.24) is 5.32 Å². The molecular weight excluding hydrogens is 292 g/mol. The monoisotopic (exact) mass is 310 g/mol. The summed E-state index contributed by atoms with van der Waals surface area (Å²) in [6.07, 6.45) is 0.710. The third-order valence-corrected chi connectivity index (χ3v) is 3.83. The molecule has 2 N–H and O–H groups in total. The molecule has 118 valence electrons. The number of rotatable bonds is 4. The van der Waals surface area contributed by atoms with Crippen LogP contribution in [0, 0.1) is 0 Å². The zero-order valence-corrected chi connectivity index (χ0v) is 12.9. The molecule has 2 aromatic rings. The van der Waals surface area contributed by atoms with E-state index < -0.39 is 0 Å². The Kier molecular flexibility index (Phi) is 4.39. The molecule has 0 spiro atoms. The number of nitrogens with one attached hydrogen (secondary N) is 2. The molecule has 2 aromatic carbocycles. The van der Waals surface area contributed by atoms with Crippen molar-refractivity contribution < 1.29 is 14.3 Å². The highest BCUT2D eigenvalue weighted by atomic mass is 16.5. The average molecular weight is 310 g/mol. The van der Waals surface area contributed by atoms with Gasteiger partial charge >= 0.3 is 0 Å². The average Bonchev–Trinajstić information content (AvgIpc) is 2.56. The molecule has 0 aliphatic carbocycles. The standard InChI is InChI=1S/C18H18N2O3/c1-23-11-12-4-2-5-13(10-12)17(21)20-16-7-3-6-15-14(16)8-9-19-18(15)22/h2-7,10H,8-9,11H2,1H3,(H,19,22)(H,20,21). The summed E-state index contributed by atoms with van der Waals surface area (Å²) < 4.78 is 5.09. The maximum absolute atomic E-state index is 12.5. The Labute approximate surface area is 134 Å². The van der Waals surface area contributed by atoms with Gasteiger partial charge in [0.2, 0.25) is 0 Å². The first-order chi connectivity index (χ1) is 11.2. The molecule has 0 atom stereocenters. The quantitative estimate of drug-likeness (QED) is 0.911. The van der Waals surface area contributed by atoms with Gasteiger partial charge in [0.15, 0.2) is 0 Å². The molecule has 2 amide bonds. The van der Waals surface area contributed by atoms with Crippen molar-refractivity contribution in [3.8, 4) is 0 Å². The second kappa shape index (κ2) is 6.62. The number of fused-ring (bicyclic) bond motifs is 1. The van der Waals surface area contributed by atoms with E-state index in [4.69, 9.17) is 4.74 Å². The molecule has 5 nitrogen and oxygen atoms in total. The molecule has 5 heteroatoms. The normalized spacial score (nSPS) is 13.2. The molecule has 0 saturated heterocycles. The van der Waals surface area contributed by atoms with Crippen molar-refractivity contribution in [1.29, 1.82) is 0 Å². The number of amides is 2. The number of anilines is 1.